The molecule has 2 rings (SSSR count). The Morgan fingerprint density at radius 3 is 2.79 bits per heavy atom. The first-order valence-corrected chi connectivity index (χ1v) is 9.42. The van der Waals surface area contributed by atoms with Gasteiger partial charge in [-0.1, -0.05) is 12.1 Å². The maximum atomic E-state index is 12.1. The van der Waals surface area contributed by atoms with Crippen LogP contribution in [-0.4, -0.2) is 18.0 Å². The summed E-state index contributed by atoms with van der Waals surface area (Å²) in [7, 11) is 0. The van der Waals surface area contributed by atoms with Crippen LogP contribution in [0, 0.1) is 6.92 Å². The SMILES string of the molecule is Cc1ccc(NC(=O)[C@@H](C)OC(=O)CCCc2cccs2)c(Br)c1. The molecule has 0 aliphatic heterocycles. The minimum absolute atomic E-state index is 0.309. The van der Waals surface area contributed by atoms with Crippen LogP contribution in [0.5, 0.6) is 0 Å². The predicted molar refractivity (Wildman–Crippen MR) is 100 cm³/mol. The van der Waals surface area contributed by atoms with Crippen molar-refractivity contribution < 1.29 is 14.3 Å². The third-order valence-electron chi connectivity index (χ3n) is 3.44. The van der Waals surface area contributed by atoms with Gasteiger partial charge in [0, 0.05) is 15.8 Å². The third kappa shape index (κ3) is 5.76. The van der Waals surface area contributed by atoms with Crippen LogP contribution < -0.4 is 5.32 Å². The van der Waals surface area contributed by atoms with Crippen molar-refractivity contribution in [3.8, 4) is 0 Å². The zero-order valence-corrected chi connectivity index (χ0v) is 16.1. The van der Waals surface area contributed by atoms with Crippen LogP contribution in [0.25, 0.3) is 0 Å². The molecule has 128 valence electrons. The molecule has 1 atom stereocenters. The average Bonchev–Trinajstić information content (AvgIpc) is 3.03. The Morgan fingerprint density at radius 1 is 1.33 bits per heavy atom. The summed E-state index contributed by atoms with van der Waals surface area (Å²) in [4.78, 5) is 25.2. The van der Waals surface area contributed by atoms with E-state index in [4.69, 9.17) is 4.74 Å². The third-order valence-corrected chi connectivity index (χ3v) is 5.04. The molecule has 0 bridgehead atoms. The van der Waals surface area contributed by atoms with Crippen LogP contribution in [0.3, 0.4) is 0 Å². The molecule has 1 heterocycles. The first-order valence-electron chi connectivity index (χ1n) is 7.74. The topological polar surface area (TPSA) is 55.4 Å². The number of amides is 1. The lowest BCUT2D eigenvalue weighted by Crippen LogP contribution is -2.30. The summed E-state index contributed by atoms with van der Waals surface area (Å²) in [6, 6.07) is 9.67. The van der Waals surface area contributed by atoms with E-state index in [1.165, 1.54) is 4.88 Å². The Balaban J connectivity index is 1.76. The molecule has 0 aliphatic carbocycles. The van der Waals surface area contributed by atoms with Gasteiger partial charge in [-0.25, -0.2) is 0 Å². The van der Waals surface area contributed by atoms with Crippen molar-refractivity contribution in [2.24, 2.45) is 0 Å². The second kappa shape index (κ2) is 8.99. The lowest BCUT2D eigenvalue weighted by atomic mass is 10.2. The van der Waals surface area contributed by atoms with Crippen molar-refractivity contribution >= 4 is 44.8 Å². The number of esters is 1. The summed E-state index contributed by atoms with van der Waals surface area (Å²) in [5, 5.41) is 4.78. The fourth-order valence-corrected chi connectivity index (χ4v) is 3.47. The highest BCUT2D eigenvalue weighted by molar-refractivity contribution is 9.10. The molecule has 0 saturated heterocycles. The summed E-state index contributed by atoms with van der Waals surface area (Å²) in [5.74, 6) is -0.691. The molecule has 1 aromatic carbocycles. The van der Waals surface area contributed by atoms with Crippen molar-refractivity contribution in [1.82, 2.24) is 0 Å². The molecule has 2 aromatic rings. The monoisotopic (exact) mass is 409 g/mol. The fraction of sp³-hybridized carbons (Fsp3) is 0.333. The highest BCUT2D eigenvalue weighted by Crippen LogP contribution is 2.23. The Bertz CT molecular complexity index is 700. The van der Waals surface area contributed by atoms with E-state index in [1.54, 1.807) is 18.3 Å². The van der Waals surface area contributed by atoms with E-state index < -0.39 is 6.10 Å². The van der Waals surface area contributed by atoms with Gasteiger partial charge in [0.2, 0.25) is 0 Å². The summed E-state index contributed by atoms with van der Waals surface area (Å²) in [5.41, 5.74) is 1.75. The Kier molecular flexibility index (Phi) is 6.99. The van der Waals surface area contributed by atoms with Gasteiger partial charge in [0.05, 0.1) is 5.69 Å². The molecule has 1 amide bonds. The summed E-state index contributed by atoms with van der Waals surface area (Å²) < 4.78 is 6.00. The van der Waals surface area contributed by atoms with E-state index in [2.05, 4.69) is 21.2 Å². The second-order valence-corrected chi connectivity index (χ2v) is 7.42. The first-order chi connectivity index (χ1) is 11.5. The summed E-state index contributed by atoms with van der Waals surface area (Å²) in [6.07, 6.45) is 1.05. The van der Waals surface area contributed by atoms with Crippen LogP contribution in [0.15, 0.2) is 40.2 Å². The van der Waals surface area contributed by atoms with Gasteiger partial charge in [0.15, 0.2) is 6.10 Å². The molecule has 0 unspecified atom stereocenters. The molecule has 1 N–H and O–H groups in total. The fourth-order valence-electron chi connectivity index (χ4n) is 2.13. The number of nitrogens with one attached hydrogen (secondary N) is 1. The number of thiophene rings is 1. The molecule has 0 saturated carbocycles. The number of rotatable bonds is 7. The summed E-state index contributed by atoms with van der Waals surface area (Å²) >= 11 is 5.08. The minimum atomic E-state index is -0.826. The zero-order valence-electron chi connectivity index (χ0n) is 13.7. The van der Waals surface area contributed by atoms with Crippen molar-refractivity contribution in [1.29, 1.82) is 0 Å². The molecule has 24 heavy (non-hydrogen) atoms. The maximum absolute atomic E-state index is 12.1. The van der Waals surface area contributed by atoms with E-state index in [0.717, 1.165) is 22.9 Å². The van der Waals surface area contributed by atoms with Gasteiger partial charge < -0.3 is 10.1 Å². The number of ether oxygens (including phenoxy) is 1. The van der Waals surface area contributed by atoms with Crippen LogP contribution >= 0.6 is 27.3 Å². The van der Waals surface area contributed by atoms with E-state index in [9.17, 15) is 9.59 Å². The van der Waals surface area contributed by atoms with Crippen molar-refractivity contribution in [2.75, 3.05) is 5.32 Å². The van der Waals surface area contributed by atoms with Crippen LogP contribution in [0.2, 0.25) is 0 Å². The number of carbonyl (C=O) groups is 2. The number of carbonyl (C=O) groups excluding carboxylic acids is 2. The number of hydrogen-bond acceptors (Lipinski definition) is 4. The largest absolute Gasteiger partial charge is 0.453 e. The molecule has 0 spiro atoms. The molecular formula is C18H20BrNO3S. The normalized spacial score (nSPS) is 11.8. The number of benzene rings is 1. The lowest BCUT2D eigenvalue weighted by molar-refractivity contribution is -0.153. The first kappa shape index (κ1) is 18.7. The van der Waals surface area contributed by atoms with Crippen LogP contribution in [0.4, 0.5) is 5.69 Å². The van der Waals surface area contributed by atoms with Crippen LogP contribution in [-0.2, 0) is 20.7 Å². The van der Waals surface area contributed by atoms with Crippen molar-refractivity contribution in [2.45, 2.75) is 39.2 Å². The Labute approximate surface area is 154 Å². The summed E-state index contributed by atoms with van der Waals surface area (Å²) in [6.45, 7) is 3.55. The van der Waals surface area contributed by atoms with Crippen LogP contribution in [0.1, 0.15) is 30.2 Å². The van der Waals surface area contributed by atoms with Gasteiger partial charge >= 0.3 is 5.97 Å². The Hall–Kier alpha value is -1.66. The van der Waals surface area contributed by atoms with Crippen molar-refractivity contribution in [3.05, 3.63) is 50.6 Å². The molecule has 0 aliphatic rings. The zero-order chi connectivity index (χ0) is 17.5. The molecule has 1 aromatic heterocycles. The van der Waals surface area contributed by atoms with Gasteiger partial charge in [0.25, 0.3) is 5.91 Å². The van der Waals surface area contributed by atoms with E-state index in [0.29, 0.717) is 12.1 Å². The highest BCUT2D eigenvalue weighted by atomic mass is 79.9. The van der Waals surface area contributed by atoms with E-state index in [1.807, 2.05) is 42.6 Å². The quantitative estimate of drug-likeness (QED) is 0.673. The number of aryl methyl sites for hydroxylation is 2. The van der Waals surface area contributed by atoms with Gasteiger partial charge in [-0.05, 0) is 71.8 Å². The number of halogens is 1. The van der Waals surface area contributed by atoms with Crippen molar-refractivity contribution in [3.63, 3.8) is 0 Å². The van der Waals surface area contributed by atoms with E-state index in [-0.39, 0.29) is 11.9 Å². The molecule has 0 radical (unpaired) electrons. The van der Waals surface area contributed by atoms with Gasteiger partial charge in [-0.15, -0.1) is 11.3 Å². The molecule has 6 heteroatoms. The van der Waals surface area contributed by atoms with E-state index >= 15 is 0 Å². The van der Waals surface area contributed by atoms with Gasteiger partial charge in [0.1, 0.15) is 0 Å². The van der Waals surface area contributed by atoms with Gasteiger partial charge in [-0.3, -0.25) is 9.59 Å². The Morgan fingerprint density at radius 2 is 2.12 bits per heavy atom. The standard InChI is InChI=1S/C18H20BrNO3S/c1-12-8-9-16(15(19)11-12)20-18(22)13(2)23-17(21)7-3-5-14-6-4-10-24-14/h4,6,8-11,13H,3,5,7H2,1-2H3,(H,20,22)/t13-/m1/s1. The minimum Gasteiger partial charge on any atom is -0.453 e. The molecule has 0 fully saturated rings. The average molecular weight is 410 g/mol. The molecule has 4 nitrogen and oxygen atoms in total. The maximum Gasteiger partial charge on any atom is 0.306 e. The number of anilines is 1. The highest BCUT2D eigenvalue weighted by Gasteiger charge is 2.18. The second-order valence-electron chi connectivity index (χ2n) is 5.54. The lowest BCUT2D eigenvalue weighted by Gasteiger charge is -2.14. The predicted octanol–water partition coefficient (Wildman–Crippen LogP) is 4.71. The smallest absolute Gasteiger partial charge is 0.306 e. The molecular weight excluding hydrogens is 390 g/mol. The van der Waals surface area contributed by atoms with Gasteiger partial charge in [-0.2, -0.15) is 0 Å². The number of hydrogen-bond donors (Lipinski definition) is 1.